The van der Waals surface area contributed by atoms with Crippen LogP contribution < -0.4 is 10.1 Å². The molecule has 3 unspecified atom stereocenters. The number of benzene rings is 1. The summed E-state index contributed by atoms with van der Waals surface area (Å²) in [5, 5.41) is 3.21. The number of carbonyl (C=O) groups excluding carboxylic acids is 1. The summed E-state index contributed by atoms with van der Waals surface area (Å²) in [6.45, 7) is 2.98. The van der Waals surface area contributed by atoms with Crippen LogP contribution in [-0.2, 0) is 16.6 Å². The number of nitrogens with one attached hydrogen (secondary N) is 1. The van der Waals surface area contributed by atoms with E-state index in [-0.39, 0.29) is 16.7 Å². The molecule has 3 atom stereocenters. The van der Waals surface area contributed by atoms with E-state index >= 15 is 0 Å². The third-order valence-corrected chi connectivity index (χ3v) is 6.39. The SMILES string of the molecule is COc1ccc2c(c1)C13CCCC(C)(C(=O)NC1)C3CC2. The molecule has 1 saturated heterocycles. The number of ether oxygens (including phenoxy) is 1. The van der Waals surface area contributed by atoms with Gasteiger partial charge in [0.25, 0.3) is 0 Å². The highest BCUT2D eigenvalue weighted by atomic mass is 16.5. The minimum atomic E-state index is -0.183. The Kier molecular flexibility index (Phi) is 2.66. The molecule has 2 fully saturated rings. The van der Waals surface area contributed by atoms with Gasteiger partial charge in [-0.25, -0.2) is 0 Å². The molecule has 1 amide bonds. The Hall–Kier alpha value is -1.51. The van der Waals surface area contributed by atoms with E-state index in [2.05, 4.69) is 30.4 Å². The van der Waals surface area contributed by atoms with Crippen LogP contribution in [0.1, 0.15) is 43.7 Å². The van der Waals surface area contributed by atoms with Crippen LogP contribution in [0.25, 0.3) is 0 Å². The first-order chi connectivity index (χ1) is 10.1. The standard InChI is InChI=1S/C18H23NO2/c1-17-8-3-9-18(11-19-16(17)20)14-10-13(21-2)6-4-12(14)5-7-15(17)18/h4,6,10,15H,3,5,7-9,11H2,1-2H3,(H,19,20). The van der Waals surface area contributed by atoms with Crippen LogP contribution in [0, 0.1) is 11.3 Å². The zero-order valence-electron chi connectivity index (χ0n) is 12.9. The number of hydrogen-bond donors (Lipinski definition) is 1. The molecule has 112 valence electrons. The second kappa shape index (κ2) is 4.25. The smallest absolute Gasteiger partial charge is 0.226 e. The largest absolute Gasteiger partial charge is 0.497 e. The summed E-state index contributed by atoms with van der Waals surface area (Å²) in [6.07, 6.45) is 5.60. The van der Waals surface area contributed by atoms with Crippen LogP contribution in [0.3, 0.4) is 0 Å². The lowest BCUT2D eigenvalue weighted by Crippen LogP contribution is -2.65. The zero-order valence-corrected chi connectivity index (χ0v) is 12.9. The fourth-order valence-electron chi connectivity index (χ4n) is 5.33. The number of piperidine rings is 1. The number of fused-ring (bicyclic) bond motifs is 1. The van der Waals surface area contributed by atoms with Gasteiger partial charge in [-0.15, -0.1) is 0 Å². The first-order valence-electron chi connectivity index (χ1n) is 8.06. The second-order valence-corrected chi connectivity index (χ2v) is 7.22. The topological polar surface area (TPSA) is 38.3 Å². The maximum absolute atomic E-state index is 12.5. The van der Waals surface area contributed by atoms with E-state index in [1.54, 1.807) is 7.11 Å². The fraction of sp³-hybridized carbons (Fsp3) is 0.611. The van der Waals surface area contributed by atoms with E-state index in [1.807, 2.05) is 0 Å². The van der Waals surface area contributed by atoms with E-state index in [9.17, 15) is 4.79 Å². The van der Waals surface area contributed by atoms with Crippen LogP contribution >= 0.6 is 0 Å². The predicted octanol–water partition coefficient (Wildman–Crippen LogP) is 2.82. The summed E-state index contributed by atoms with van der Waals surface area (Å²) in [5.74, 6) is 1.69. The van der Waals surface area contributed by atoms with Gasteiger partial charge in [0.15, 0.2) is 0 Å². The molecule has 1 aromatic rings. The van der Waals surface area contributed by atoms with E-state index in [0.29, 0.717) is 5.92 Å². The molecule has 1 heterocycles. The summed E-state index contributed by atoms with van der Waals surface area (Å²) in [5.41, 5.74) is 2.83. The average molecular weight is 285 g/mol. The Balaban J connectivity index is 1.90. The van der Waals surface area contributed by atoms with Crippen molar-refractivity contribution in [2.24, 2.45) is 11.3 Å². The number of amides is 1. The number of carbonyl (C=O) groups is 1. The van der Waals surface area contributed by atoms with Crippen molar-refractivity contribution in [3.8, 4) is 5.75 Å². The maximum atomic E-state index is 12.5. The molecular weight excluding hydrogens is 262 g/mol. The van der Waals surface area contributed by atoms with Crippen molar-refractivity contribution in [1.82, 2.24) is 5.32 Å². The molecule has 3 aliphatic rings. The number of rotatable bonds is 1. The molecule has 3 nitrogen and oxygen atoms in total. The van der Waals surface area contributed by atoms with Crippen molar-refractivity contribution >= 4 is 5.91 Å². The van der Waals surface area contributed by atoms with Gasteiger partial charge in [-0.3, -0.25) is 4.79 Å². The molecular formula is C18H23NO2. The van der Waals surface area contributed by atoms with Crippen molar-refractivity contribution in [1.29, 1.82) is 0 Å². The van der Waals surface area contributed by atoms with E-state index in [0.717, 1.165) is 38.0 Å². The predicted molar refractivity (Wildman–Crippen MR) is 81.5 cm³/mol. The van der Waals surface area contributed by atoms with Crippen LogP contribution in [-0.4, -0.2) is 19.6 Å². The van der Waals surface area contributed by atoms with Gasteiger partial charge in [0.1, 0.15) is 5.75 Å². The second-order valence-electron chi connectivity index (χ2n) is 7.22. The zero-order chi connectivity index (χ0) is 14.7. The Bertz CT molecular complexity index is 611. The third kappa shape index (κ3) is 1.58. The Morgan fingerprint density at radius 2 is 2.19 bits per heavy atom. The van der Waals surface area contributed by atoms with E-state index in [1.165, 1.54) is 17.5 Å². The van der Waals surface area contributed by atoms with Crippen molar-refractivity contribution in [2.75, 3.05) is 13.7 Å². The molecule has 1 aromatic carbocycles. The minimum Gasteiger partial charge on any atom is -0.497 e. The summed E-state index contributed by atoms with van der Waals surface area (Å²) in [7, 11) is 1.73. The monoisotopic (exact) mass is 285 g/mol. The van der Waals surface area contributed by atoms with Gasteiger partial charge in [-0.1, -0.05) is 19.4 Å². The Morgan fingerprint density at radius 3 is 3.00 bits per heavy atom. The quantitative estimate of drug-likeness (QED) is 0.861. The Morgan fingerprint density at radius 1 is 1.33 bits per heavy atom. The third-order valence-electron chi connectivity index (χ3n) is 6.39. The molecule has 0 aromatic heterocycles. The van der Waals surface area contributed by atoms with Crippen molar-refractivity contribution < 1.29 is 9.53 Å². The lowest BCUT2D eigenvalue weighted by atomic mass is 9.47. The number of aryl methyl sites for hydroxylation is 1. The molecule has 1 saturated carbocycles. The maximum Gasteiger partial charge on any atom is 0.226 e. The molecule has 3 heteroatoms. The average Bonchev–Trinajstić information content (AvgIpc) is 2.51. The lowest BCUT2D eigenvalue weighted by molar-refractivity contribution is -0.146. The van der Waals surface area contributed by atoms with Gasteiger partial charge in [-0.2, -0.15) is 0 Å². The molecule has 2 bridgehead atoms. The van der Waals surface area contributed by atoms with E-state index < -0.39 is 0 Å². The summed E-state index contributed by atoms with van der Waals surface area (Å²) in [6, 6.07) is 6.52. The van der Waals surface area contributed by atoms with Gasteiger partial charge in [0, 0.05) is 12.0 Å². The highest BCUT2D eigenvalue weighted by Crippen LogP contribution is 2.59. The van der Waals surface area contributed by atoms with Gasteiger partial charge < -0.3 is 10.1 Å². The fourth-order valence-corrected chi connectivity index (χ4v) is 5.33. The first kappa shape index (κ1) is 13.2. The highest BCUT2D eigenvalue weighted by Gasteiger charge is 2.60. The van der Waals surface area contributed by atoms with Gasteiger partial charge in [0.05, 0.1) is 12.5 Å². The summed E-state index contributed by atoms with van der Waals surface area (Å²) in [4.78, 5) is 12.5. The lowest BCUT2D eigenvalue weighted by Gasteiger charge is -2.59. The van der Waals surface area contributed by atoms with Gasteiger partial charge in [0.2, 0.25) is 5.91 Å². The van der Waals surface area contributed by atoms with Crippen molar-refractivity contribution in [3.05, 3.63) is 29.3 Å². The Labute approximate surface area is 126 Å². The first-order valence-corrected chi connectivity index (χ1v) is 8.06. The van der Waals surface area contributed by atoms with Gasteiger partial charge >= 0.3 is 0 Å². The van der Waals surface area contributed by atoms with Crippen LogP contribution in [0.4, 0.5) is 0 Å². The minimum absolute atomic E-state index is 0.128. The highest BCUT2D eigenvalue weighted by molar-refractivity contribution is 5.84. The normalized spacial score (nSPS) is 37.2. The van der Waals surface area contributed by atoms with Crippen LogP contribution in [0.5, 0.6) is 5.75 Å². The summed E-state index contributed by atoms with van der Waals surface area (Å²) >= 11 is 0. The van der Waals surface area contributed by atoms with Crippen LogP contribution in [0.15, 0.2) is 18.2 Å². The molecule has 1 N–H and O–H groups in total. The summed E-state index contributed by atoms with van der Waals surface area (Å²) < 4.78 is 5.45. The van der Waals surface area contributed by atoms with Crippen LogP contribution in [0.2, 0.25) is 0 Å². The number of hydrogen-bond acceptors (Lipinski definition) is 2. The molecule has 21 heavy (non-hydrogen) atoms. The molecule has 0 radical (unpaired) electrons. The van der Waals surface area contributed by atoms with Crippen molar-refractivity contribution in [3.63, 3.8) is 0 Å². The molecule has 0 spiro atoms. The molecule has 4 rings (SSSR count). The van der Waals surface area contributed by atoms with Crippen molar-refractivity contribution in [2.45, 2.75) is 44.4 Å². The number of methoxy groups -OCH3 is 1. The molecule has 1 aliphatic heterocycles. The van der Waals surface area contributed by atoms with E-state index in [4.69, 9.17) is 4.74 Å². The molecule has 2 aliphatic carbocycles. The van der Waals surface area contributed by atoms with Gasteiger partial charge in [-0.05, 0) is 54.9 Å².